The lowest BCUT2D eigenvalue weighted by molar-refractivity contribution is -0.107. The first kappa shape index (κ1) is 33.1. The van der Waals surface area contributed by atoms with Gasteiger partial charge in [0.25, 0.3) is 5.91 Å². The van der Waals surface area contributed by atoms with E-state index in [1.807, 2.05) is 12.1 Å². The fourth-order valence-corrected chi connectivity index (χ4v) is 6.93. The van der Waals surface area contributed by atoms with E-state index in [-0.39, 0.29) is 22.4 Å². The van der Waals surface area contributed by atoms with Crippen LogP contribution in [0.3, 0.4) is 0 Å². The van der Waals surface area contributed by atoms with Gasteiger partial charge in [0.15, 0.2) is 0 Å². The Bertz CT molecular complexity index is 1290. The monoisotopic (exact) mass is 605 g/mol. The van der Waals surface area contributed by atoms with Crippen molar-refractivity contribution in [3.63, 3.8) is 0 Å². The van der Waals surface area contributed by atoms with Crippen molar-refractivity contribution in [2.75, 3.05) is 26.2 Å². The highest BCUT2D eigenvalue weighted by molar-refractivity contribution is 8.05. The third kappa shape index (κ3) is 10.7. The van der Waals surface area contributed by atoms with Crippen molar-refractivity contribution >= 4 is 29.7 Å². The summed E-state index contributed by atoms with van der Waals surface area (Å²) in [5, 5.41) is 2.91. The number of aryl methyl sites for hydroxylation is 1. The zero-order chi connectivity index (χ0) is 30.7. The molecular formula is C36H48FN3O2S. The van der Waals surface area contributed by atoms with Crippen molar-refractivity contribution in [2.24, 2.45) is 10.4 Å². The Morgan fingerprint density at radius 1 is 1.09 bits per heavy atom. The highest BCUT2D eigenvalue weighted by atomic mass is 32.2. The van der Waals surface area contributed by atoms with Gasteiger partial charge in [0.2, 0.25) is 0 Å². The minimum Gasteiger partial charge on any atom is -0.352 e. The number of carbonyl (C=O) groups excluding carboxylic acids is 2. The molecule has 2 aromatic rings. The molecule has 1 unspecified atom stereocenters. The van der Waals surface area contributed by atoms with Crippen molar-refractivity contribution in [1.82, 2.24) is 10.2 Å². The van der Waals surface area contributed by atoms with Crippen LogP contribution < -0.4 is 5.32 Å². The van der Waals surface area contributed by atoms with Gasteiger partial charge in [0.1, 0.15) is 12.1 Å². The number of carbonyl (C=O) groups is 2. The average molecular weight is 606 g/mol. The molecular weight excluding hydrogens is 557 g/mol. The molecule has 2 aliphatic rings. The van der Waals surface area contributed by atoms with Crippen molar-refractivity contribution in [3.8, 4) is 0 Å². The molecule has 5 nitrogen and oxygen atoms in total. The summed E-state index contributed by atoms with van der Waals surface area (Å²) in [6.07, 6.45) is 11.9. The number of allylic oxidation sites excluding steroid dienone is 2. The van der Waals surface area contributed by atoms with Crippen LogP contribution in [0, 0.1) is 11.2 Å². The molecule has 7 heteroatoms. The topological polar surface area (TPSA) is 61.8 Å². The Hall–Kier alpha value is -2.77. The van der Waals surface area contributed by atoms with E-state index < -0.39 is 0 Å². The van der Waals surface area contributed by atoms with Gasteiger partial charge < -0.3 is 15.0 Å². The number of halogens is 1. The maximum atomic E-state index is 14.1. The second kappa shape index (κ2) is 16.3. The zero-order valence-electron chi connectivity index (χ0n) is 26.2. The Morgan fingerprint density at radius 2 is 1.88 bits per heavy atom. The molecule has 232 valence electrons. The van der Waals surface area contributed by atoms with Crippen LogP contribution in [0.5, 0.6) is 0 Å². The van der Waals surface area contributed by atoms with Crippen LogP contribution in [-0.2, 0) is 24.2 Å². The van der Waals surface area contributed by atoms with Gasteiger partial charge in [-0.15, -0.1) is 11.8 Å². The maximum absolute atomic E-state index is 14.1. The van der Waals surface area contributed by atoms with Gasteiger partial charge in [-0.3, -0.25) is 9.79 Å². The molecule has 1 N–H and O–H groups in total. The fourth-order valence-electron chi connectivity index (χ4n) is 5.80. The molecule has 1 amide bonds. The molecule has 1 heterocycles. The highest BCUT2D eigenvalue weighted by Gasteiger charge is 2.21. The van der Waals surface area contributed by atoms with E-state index in [1.54, 1.807) is 23.9 Å². The van der Waals surface area contributed by atoms with Gasteiger partial charge >= 0.3 is 0 Å². The second-order valence-electron chi connectivity index (χ2n) is 13.0. The summed E-state index contributed by atoms with van der Waals surface area (Å²) in [5.41, 5.74) is 4.69. The summed E-state index contributed by atoms with van der Waals surface area (Å²) in [7, 11) is 0. The van der Waals surface area contributed by atoms with Crippen LogP contribution in [0.1, 0.15) is 92.8 Å². The van der Waals surface area contributed by atoms with Gasteiger partial charge in [-0.25, -0.2) is 4.39 Å². The zero-order valence-corrected chi connectivity index (χ0v) is 27.0. The number of likely N-dealkylation sites (tertiary alicyclic amines) is 1. The SMILES string of the molecule is CC(C)(C)Cc1cc(C(=O)NCCCN2CCCC2)ccc1CCC(C=O)SC1=CCCCC1=NCc1ccccc1F. The number of aliphatic imine (C=N–C) groups is 1. The second-order valence-corrected chi connectivity index (χ2v) is 14.3. The molecule has 1 fully saturated rings. The van der Waals surface area contributed by atoms with E-state index in [0.717, 1.165) is 62.0 Å². The number of nitrogens with zero attached hydrogens (tertiary/aromatic N) is 2. The molecule has 0 radical (unpaired) electrons. The summed E-state index contributed by atoms with van der Waals surface area (Å²) < 4.78 is 14.1. The first-order valence-electron chi connectivity index (χ1n) is 15.9. The number of hydrogen-bond donors (Lipinski definition) is 1. The molecule has 0 spiro atoms. The molecule has 4 rings (SSSR count). The van der Waals surface area contributed by atoms with Crippen LogP contribution in [0.15, 0.2) is 58.4 Å². The first-order valence-corrected chi connectivity index (χ1v) is 16.8. The summed E-state index contributed by atoms with van der Waals surface area (Å²) in [5.74, 6) is -0.255. The lowest BCUT2D eigenvalue weighted by Gasteiger charge is -2.22. The van der Waals surface area contributed by atoms with Crippen molar-refractivity contribution in [1.29, 1.82) is 0 Å². The molecule has 1 atom stereocenters. The Balaban J connectivity index is 1.37. The van der Waals surface area contributed by atoms with Gasteiger partial charge in [0, 0.05) is 28.3 Å². The first-order chi connectivity index (χ1) is 20.7. The number of hydrogen-bond acceptors (Lipinski definition) is 5. The van der Waals surface area contributed by atoms with E-state index in [9.17, 15) is 14.0 Å². The molecule has 1 aliphatic carbocycles. The van der Waals surface area contributed by atoms with Crippen LogP contribution in [-0.4, -0.2) is 54.2 Å². The van der Waals surface area contributed by atoms with Crippen molar-refractivity contribution < 1.29 is 14.0 Å². The normalized spacial score (nSPS) is 17.6. The van der Waals surface area contributed by atoms with E-state index in [2.05, 4.69) is 49.2 Å². The summed E-state index contributed by atoms with van der Waals surface area (Å²) >= 11 is 1.58. The Labute approximate surface area is 261 Å². The predicted octanol–water partition coefficient (Wildman–Crippen LogP) is 7.57. The highest BCUT2D eigenvalue weighted by Crippen LogP contribution is 2.32. The number of aldehydes is 1. The van der Waals surface area contributed by atoms with Gasteiger partial charge in [-0.05, 0) is 112 Å². The summed E-state index contributed by atoms with van der Waals surface area (Å²) in [4.78, 5) is 33.5. The maximum Gasteiger partial charge on any atom is 0.251 e. The fraction of sp³-hybridized carbons (Fsp3) is 0.528. The van der Waals surface area contributed by atoms with Crippen LogP contribution in [0.2, 0.25) is 0 Å². The predicted molar refractivity (Wildman–Crippen MR) is 177 cm³/mol. The third-order valence-electron chi connectivity index (χ3n) is 8.08. The lowest BCUT2D eigenvalue weighted by Crippen LogP contribution is -2.28. The molecule has 1 aliphatic heterocycles. The standard InChI is InChI=1S/C36H48FN3O2S/c1-36(2,3)24-30-23-28(35(42)38-19-10-22-40-20-8-9-21-40)16-15-27(30)17-18-31(26-41)43-34-14-7-6-13-33(34)39-25-29-11-4-5-12-32(29)37/h4-5,11-12,14-16,23,26,31H,6-10,13,17-22,24-25H2,1-3H3,(H,38,42). The molecule has 1 saturated heterocycles. The van der Waals surface area contributed by atoms with Crippen LogP contribution in [0.25, 0.3) is 0 Å². The minimum absolute atomic E-state index is 0.0177. The van der Waals surface area contributed by atoms with Gasteiger partial charge in [0.05, 0.1) is 11.8 Å². The molecule has 2 aromatic carbocycles. The Kier molecular flexibility index (Phi) is 12.6. The quantitative estimate of drug-likeness (QED) is 0.178. The largest absolute Gasteiger partial charge is 0.352 e. The lowest BCUT2D eigenvalue weighted by atomic mass is 9.84. The van der Waals surface area contributed by atoms with Gasteiger partial charge in [-0.2, -0.15) is 0 Å². The van der Waals surface area contributed by atoms with E-state index in [1.165, 1.54) is 43.1 Å². The summed E-state index contributed by atoms with van der Waals surface area (Å²) in [6, 6.07) is 12.8. The molecule has 0 aromatic heterocycles. The number of thioether (sulfide) groups is 1. The molecule has 43 heavy (non-hydrogen) atoms. The van der Waals surface area contributed by atoms with Crippen molar-refractivity contribution in [3.05, 3.63) is 81.5 Å². The average Bonchev–Trinajstić information content (AvgIpc) is 3.51. The Morgan fingerprint density at radius 3 is 2.63 bits per heavy atom. The number of nitrogens with one attached hydrogen (secondary N) is 1. The third-order valence-corrected chi connectivity index (χ3v) is 9.39. The van der Waals surface area contributed by atoms with E-state index in [0.29, 0.717) is 30.6 Å². The molecule has 0 saturated carbocycles. The van der Waals surface area contributed by atoms with E-state index >= 15 is 0 Å². The minimum atomic E-state index is -0.237. The van der Waals surface area contributed by atoms with Crippen LogP contribution in [0.4, 0.5) is 4.39 Å². The summed E-state index contributed by atoms with van der Waals surface area (Å²) in [6.45, 7) is 11.0. The number of rotatable bonds is 14. The van der Waals surface area contributed by atoms with E-state index in [4.69, 9.17) is 4.99 Å². The molecule has 0 bridgehead atoms. The number of benzene rings is 2. The van der Waals surface area contributed by atoms with Crippen LogP contribution >= 0.6 is 11.8 Å². The number of amides is 1. The van der Waals surface area contributed by atoms with Crippen molar-refractivity contribution in [2.45, 2.75) is 90.4 Å². The van der Waals surface area contributed by atoms with Gasteiger partial charge in [-0.1, -0.05) is 51.1 Å². The smallest absolute Gasteiger partial charge is 0.251 e.